The van der Waals surface area contributed by atoms with Crippen molar-refractivity contribution >= 4 is 17.5 Å². The van der Waals surface area contributed by atoms with Crippen LogP contribution in [0.2, 0.25) is 0 Å². The maximum Gasteiger partial charge on any atom is 0.257 e. The van der Waals surface area contributed by atoms with Gasteiger partial charge in [-0.15, -0.1) is 0 Å². The van der Waals surface area contributed by atoms with Gasteiger partial charge in [0.25, 0.3) is 11.8 Å². The summed E-state index contributed by atoms with van der Waals surface area (Å²) in [4.78, 5) is 31.5. The van der Waals surface area contributed by atoms with Crippen LogP contribution in [-0.4, -0.2) is 28.2 Å². The molecule has 5 nitrogen and oxygen atoms in total. The molecule has 1 aliphatic rings. The molecule has 2 heterocycles. The number of nitrogens with one attached hydrogen (secondary N) is 1. The van der Waals surface area contributed by atoms with E-state index in [2.05, 4.69) is 29.4 Å². The van der Waals surface area contributed by atoms with Crippen LogP contribution in [-0.2, 0) is 19.4 Å². The number of nitrogens with zero attached hydrogens (tertiary/aromatic N) is 2. The maximum atomic E-state index is 13.0. The summed E-state index contributed by atoms with van der Waals surface area (Å²) in [6.07, 6.45) is 4.79. The van der Waals surface area contributed by atoms with Crippen molar-refractivity contribution in [1.82, 2.24) is 9.88 Å². The van der Waals surface area contributed by atoms with Crippen LogP contribution in [0.5, 0.6) is 0 Å². The summed E-state index contributed by atoms with van der Waals surface area (Å²) < 4.78 is 0. The summed E-state index contributed by atoms with van der Waals surface area (Å²) in [5.41, 5.74) is 5.18. The number of aromatic nitrogens is 1. The quantitative estimate of drug-likeness (QED) is 0.736. The topological polar surface area (TPSA) is 62.3 Å². The predicted octanol–water partition coefficient (Wildman–Crippen LogP) is 4.09. The van der Waals surface area contributed by atoms with E-state index in [1.54, 1.807) is 6.07 Å². The van der Waals surface area contributed by atoms with E-state index in [0.29, 0.717) is 24.2 Å². The molecule has 0 fully saturated rings. The number of fused-ring (bicyclic) bond motifs is 1. The first-order valence-corrected chi connectivity index (χ1v) is 9.85. The predicted molar refractivity (Wildman–Crippen MR) is 113 cm³/mol. The van der Waals surface area contributed by atoms with Crippen LogP contribution in [0.4, 0.5) is 5.69 Å². The Hall–Kier alpha value is -3.47. The van der Waals surface area contributed by atoms with E-state index in [1.165, 1.54) is 29.1 Å². The van der Waals surface area contributed by atoms with Crippen LogP contribution in [0.15, 0.2) is 67.0 Å². The molecule has 2 aromatic carbocycles. The summed E-state index contributed by atoms with van der Waals surface area (Å²) in [7, 11) is 0. The van der Waals surface area contributed by atoms with Gasteiger partial charge in [0.1, 0.15) is 0 Å². The first kappa shape index (κ1) is 18.9. The van der Waals surface area contributed by atoms with Crippen LogP contribution < -0.4 is 5.32 Å². The lowest BCUT2D eigenvalue weighted by Gasteiger charge is -2.28. The molecule has 5 heteroatoms. The minimum atomic E-state index is -0.277. The number of amides is 2. The Labute approximate surface area is 170 Å². The third kappa shape index (κ3) is 4.19. The molecule has 0 unspecified atom stereocenters. The van der Waals surface area contributed by atoms with Crippen molar-refractivity contribution in [1.29, 1.82) is 0 Å². The molecule has 0 atom stereocenters. The van der Waals surface area contributed by atoms with Crippen molar-refractivity contribution in [2.45, 2.75) is 26.3 Å². The van der Waals surface area contributed by atoms with Gasteiger partial charge in [0.15, 0.2) is 0 Å². The highest BCUT2D eigenvalue weighted by Gasteiger charge is 2.22. The number of hydrogen-bond acceptors (Lipinski definition) is 3. The summed E-state index contributed by atoms with van der Waals surface area (Å²) in [5.74, 6) is -0.380. The van der Waals surface area contributed by atoms with Crippen molar-refractivity contribution in [3.8, 4) is 0 Å². The second-order valence-corrected chi connectivity index (χ2v) is 7.21. The Bertz CT molecular complexity index is 1040. The first-order chi connectivity index (χ1) is 14.1. The lowest BCUT2D eigenvalue weighted by Crippen LogP contribution is -2.36. The van der Waals surface area contributed by atoms with Crippen molar-refractivity contribution in [3.63, 3.8) is 0 Å². The second-order valence-electron chi connectivity index (χ2n) is 7.21. The molecule has 0 spiro atoms. The molecular weight excluding hydrogens is 362 g/mol. The van der Waals surface area contributed by atoms with E-state index in [0.717, 1.165) is 18.5 Å². The number of rotatable bonds is 4. The molecule has 1 aromatic heterocycles. The summed E-state index contributed by atoms with van der Waals surface area (Å²) in [6.45, 7) is 3.33. The molecule has 0 saturated heterocycles. The number of benzene rings is 2. The summed E-state index contributed by atoms with van der Waals surface area (Å²) >= 11 is 0. The molecule has 2 amide bonds. The van der Waals surface area contributed by atoms with Crippen LogP contribution in [0.1, 0.15) is 44.3 Å². The lowest BCUT2D eigenvalue weighted by atomic mass is 9.99. The van der Waals surface area contributed by atoms with Gasteiger partial charge in [-0.3, -0.25) is 14.6 Å². The third-order valence-electron chi connectivity index (χ3n) is 5.29. The van der Waals surface area contributed by atoms with Gasteiger partial charge in [-0.2, -0.15) is 0 Å². The van der Waals surface area contributed by atoms with Gasteiger partial charge in [0.2, 0.25) is 0 Å². The van der Waals surface area contributed by atoms with E-state index >= 15 is 0 Å². The second kappa shape index (κ2) is 8.27. The van der Waals surface area contributed by atoms with Gasteiger partial charge in [0.05, 0.1) is 11.1 Å². The smallest absolute Gasteiger partial charge is 0.257 e. The Kier molecular flexibility index (Phi) is 5.38. The van der Waals surface area contributed by atoms with Gasteiger partial charge < -0.3 is 10.2 Å². The van der Waals surface area contributed by atoms with Crippen LogP contribution >= 0.6 is 0 Å². The molecule has 146 valence electrons. The standard InChI is InChI=1S/C24H23N3O2/c1-2-17-7-9-22(10-8-17)26-23(28)20-13-21(15-25-14-20)24(29)27-12-11-18-5-3-4-6-19(18)16-27/h3-10,13-15H,2,11-12,16H2,1H3,(H,26,28). The fraction of sp³-hybridized carbons (Fsp3) is 0.208. The van der Waals surface area contributed by atoms with Crippen LogP contribution in [0.25, 0.3) is 0 Å². The number of carbonyl (C=O) groups is 2. The van der Waals surface area contributed by atoms with Gasteiger partial charge in [-0.05, 0) is 47.7 Å². The summed E-state index contributed by atoms with van der Waals surface area (Å²) in [6, 6.07) is 17.5. The fourth-order valence-corrected chi connectivity index (χ4v) is 3.56. The number of pyridine rings is 1. The zero-order valence-corrected chi connectivity index (χ0v) is 16.4. The van der Waals surface area contributed by atoms with Crippen LogP contribution in [0, 0.1) is 0 Å². The van der Waals surface area contributed by atoms with Gasteiger partial charge in [0, 0.05) is 31.2 Å². The van der Waals surface area contributed by atoms with Gasteiger partial charge >= 0.3 is 0 Å². The number of aryl methyl sites for hydroxylation is 1. The maximum absolute atomic E-state index is 13.0. The Morgan fingerprint density at radius 1 is 1.00 bits per heavy atom. The Morgan fingerprint density at radius 3 is 2.48 bits per heavy atom. The largest absolute Gasteiger partial charge is 0.334 e. The molecule has 0 radical (unpaired) electrons. The third-order valence-corrected chi connectivity index (χ3v) is 5.29. The highest BCUT2D eigenvalue weighted by molar-refractivity contribution is 6.05. The number of carbonyl (C=O) groups excluding carboxylic acids is 2. The number of anilines is 1. The van der Waals surface area contributed by atoms with Crippen LogP contribution in [0.3, 0.4) is 0 Å². The zero-order valence-electron chi connectivity index (χ0n) is 16.4. The van der Waals surface area contributed by atoms with E-state index in [4.69, 9.17) is 0 Å². The van der Waals surface area contributed by atoms with E-state index < -0.39 is 0 Å². The molecule has 0 bridgehead atoms. The van der Waals surface area contributed by atoms with Crippen molar-refractivity contribution in [2.75, 3.05) is 11.9 Å². The molecule has 4 rings (SSSR count). The van der Waals surface area contributed by atoms with Crippen molar-refractivity contribution in [2.24, 2.45) is 0 Å². The summed E-state index contributed by atoms with van der Waals surface area (Å²) in [5, 5.41) is 2.86. The molecule has 1 aliphatic heterocycles. The van der Waals surface area contributed by atoms with E-state index in [-0.39, 0.29) is 11.8 Å². The molecular formula is C24H23N3O2. The number of hydrogen-bond donors (Lipinski definition) is 1. The molecule has 29 heavy (non-hydrogen) atoms. The highest BCUT2D eigenvalue weighted by Crippen LogP contribution is 2.20. The Morgan fingerprint density at radius 2 is 1.72 bits per heavy atom. The molecule has 0 saturated carbocycles. The SMILES string of the molecule is CCc1ccc(NC(=O)c2cncc(C(=O)N3CCc4ccccc4C3)c2)cc1. The van der Waals surface area contributed by atoms with Crippen molar-refractivity contribution in [3.05, 3.63) is 94.8 Å². The van der Waals surface area contributed by atoms with Crippen molar-refractivity contribution < 1.29 is 9.59 Å². The monoisotopic (exact) mass is 385 g/mol. The van der Waals surface area contributed by atoms with E-state index in [9.17, 15) is 9.59 Å². The first-order valence-electron chi connectivity index (χ1n) is 9.85. The molecule has 3 aromatic rings. The average molecular weight is 385 g/mol. The Balaban J connectivity index is 1.48. The fourth-order valence-electron chi connectivity index (χ4n) is 3.56. The zero-order chi connectivity index (χ0) is 20.2. The normalized spacial score (nSPS) is 12.9. The van der Waals surface area contributed by atoms with Gasteiger partial charge in [-0.25, -0.2) is 0 Å². The molecule has 0 aliphatic carbocycles. The molecule has 1 N–H and O–H groups in total. The lowest BCUT2D eigenvalue weighted by molar-refractivity contribution is 0.0734. The highest BCUT2D eigenvalue weighted by atomic mass is 16.2. The van der Waals surface area contributed by atoms with E-state index in [1.807, 2.05) is 41.3 Å². The van der Waals surface area contributed by atoms with Gasteiger partial charge in [-0.1, -0.05) is 43.3 Å². The average Bonchev–Trinajstić information content (AvgIpc) is 2.79. The minimum absolute atomic E-state index is 0.103. The minimum Gasteiger partial charge on any atom is -0.334 e.